The summed E-state index contributed by atoms with van der Waals surface area (Å²) in [6.07, 6.45) is 0. The van der Waals surface area contributed by atoms with E-state index in [0.29, 0.717) is 5.75 Å². The second kappa shape index (κ2) is 8.32. The van der Waals surface area contributed by atoms with Crippen molar-refractivity contribution in [2.45, 2.75) is 20.4 Å². The quantitative estimate of drug-likeness (QED) is 0.761. The molecule has 0 fully saturated rings. The van der Waals surface area contributed by atoms with Gasteiger partial charge in [0, 0.05) is 7.11 Å². The third-order valence-corrected chi connectivity index (χ3v) is 4.05. The smallest absolute Gasteiger partial charge is 0.271 e. The van der Waals surface area contributed by atoms with Crippen molar-refractivity contribution in [1.29, 1.82) is 5.26 Å². The number of benzene rings is 1. The Morgan fingerprint density at radius 3 is 2.62 bits per heavy atom. The fourth-order valence-corrected chi connectivity index (χ4v) is 2.61. The van der Waals surface area contributed by atoms with Gasteiger partial charge >= 0.3 is 0 Å². The first-order valence-electron chi connectivity index (χ1n) is 7.99. The van der Waals surface area contributed by atoms with Gasteiger partial charge in [-0.05, 0) is 31.0 Å². The molecule has 7 heteroatoms. The van der Waals surface area contributed by atoms with Crippen LogP contribution in [-0.2, 0) is 11.3 Å². The highest BCUT2D eigenvalue weighted by atomic mass is 16.5. The third kappa shape index (κ3) is 3.76. The molecular weight excluding hydrogens is 336 g/mol. The van der Waals surface area contributed by atoms with Gasteiger partial charge in [0.25, 0.3) is 5.56 Å². The molecule has 0 saturated heterocycles. The molecule has 0 radical (unpaired) electrons. The fraction of sp³-hybridized carbons (Fsp3) is 0.316. The highest BCUT2D eigenvalue weighted by molar-refractivity contribution is 6.01. The Balaban J connectivity index is 2.41. The van der Waals surface area contributed by atoms with Crippen LogP contribution in [0.2, 0.25) is 0 Å². The molecule has 0 unspecified atom stereocenters. The van der Waals surface area contributed by atoms with Gasteiger partial charge in [-0.1, -0.05) is 18.2 Å². The van der Waals surface area contributed by atoms with Crippen molar-refractivity contribution < 1.29 is 19.4 Å². The summed E-state index contributed by atoms with van der Waals surface area (Å²) in [5.41, 5.74) is 0.0750. The van der Waals surface area contributed by atoms with E-state index in [9.17, 15) is 20.0 Å². The van der Waals surface area contributed by atoms with Crippen LogP contribution >= 0.6 is 0 Å². The predicted octanol–water partition coefficient (Wildman–Crippen LogP) is 1.95. The fourth-order valence-electron chi connectivity index (χ4n) is 2.61. The van der Waals surface area contributed by atoms with E-state index < -0.39 is 17.2 Å². The molecule has 1 N–H and O–H groups in total. The van der Waals surface area contributed by atoms with E-state index in [4.69, 9.17) is 9.47 Å². The largest absolute Gasteiger partial charge is 0.494 e. The minimum atomic E-state index is -0.657. The van der Waals surface area contributed by atoms with Crippen molar-refractivity contribution in [3.63, 3.8) is 0 Å². The Bertz CT molecular complexity index is 925. The van der Waals surface area contributed by atoms with Crippen molar-refractivity contribution in [2.24, 2.45) is 0 Å². The van der Waals surface area contributed by atoms with E-state index in [1.165, 1.54) is 14.0 Å². The van der Waals surface area contributed by atoms with Gasteiger partial charge in [-0.3, -0.25) is 14.2 Å². The lowest BCUT2D eigenvalue weighted by Crippen LogP contribution is -2.29. The molecule has 1 aromatic heterocycles. The van der Waals surface area contributed by atoms with Gasteiger partial charge in [0.2, 0.25) is 11.7 Å². The second-order valence-electron chi connectivity index (χ2n) is 5.74. The normalized spacial score (nSPS) is 10.4. The van der Waals surface area contributed by atoms with Crippen molar-refractivity contribution in [3.05, 3.63) is 56.9 Å². The number of ether oxygens (including phenoxy) is 2. The summed E-state index contributed by atoms with van der Waals surface area (Å²) >= 11 is 0. The molecule has 0 aliphatic carbocycles. The molecule has 1 heterocycles. The molecule has 136 valence electrons. The Labute approximate surface area is 151 Å². The van der Waals surface area contributed by atoms with Crippen molar-refractivity contribution in [1.82, 2.24) is 4.57 Å². The average Bonchev–Trinajstić information content (AvgIpc) is 2.61. The minimum Gasteiger partial charge on any atom is -0.494 e. The maximum Gasteiger partial charge on any atom is 0.271 e. The second-order valence-corrected chi connectivity index (χ2v) is 5.74. The zero-order chi connectivity index (χ0) is 19.3. The summed E-state index contributed by atoms with van der Waals surface area (Å²) in [5.74, 6) is -0.459. The van der Waals surface area contributed by atoms with E-state index in [1.54, 1.807) is 12.1 Å². The number of Topliss-reactive ketones (excluding diaryl/α,β-unsaturated/α-hetero) is 1. The molecule has 2 rings (SSSR count). The van der Waals surface area contributed by atoms with Gasteiger partial charge in [-0.2, -0.15) is 5.26 Å². The number of ketones is 1. The number of aromatic nitrogens is 1. The first-order chi connectivity index (χ1) is 12.4. The number of hydrogen-bond donors (Lipinski definition) is 1. The first kappa shape index (κ1) is 19.2. The van der Waals surface area contributed by atoms with Crippen LogP contribution in [0.4, 0.5) is 0 Å². The maximum absolute atomic E-state index is 12.6. The van der Waals surface area contributed by atoms with Gasteiger partial charge in [0.15, 0.2) is 6.61 Å². The Kier molecular flexibility index (Phi) is 6.15. The Hall–Kier alpha value is -3.11. The number of nitrogens with zero attached hydrogens (tertiary/aromatic N) is 2. The first-order valence-corrected chi connectivity index (χ1v) is 7.99. The molecule has 0 aliphatic heterocycles. The third-order valence-electron chi connectivity index (χ3n) is 4.05. The molecule has 0 atom stereocenters. The lowest BCUT2D eigenvalue weighted by atomic mass is 10.0. The zero-order valence-corrected chi connectivity index (χ0v) is 14.9. The summed E-state index contributed by atoms with van der Waals surface area (Å²) in [5, 5.41) is 19.7. The highest BCUT2D eigenvalue weighted by Crippen LogP contribution is 2.23. The number of carbonyl (C=O) groups is 1. The molecule has 7 nitrogen and oxygen atoms in total. The SMILES string of the molecule is COCCn1c(O)c(C(=O)COc2ccccc2C)c(C)c(C#N)c1=O. The predicted molar refractivity (Wildman–Crippen MR) is 94.7 cm³/mol. The summed E-state index contributed by atoms with van der Waals surface area (Å²) in [6.45, 7) is 3.15. The number of para-hydroxylation sites is 1. The van der Waals surface area contributed by atoms with Crippen LogP contribution in [0, 0.1) is 25.2 Å². The molecule has 2 aromatic rings. The number of aryl methyl sites for hydroxylation is 1. The standard InChI is InChI=1S/C19H20N2O5/c1-12-6-4-5-7-16(12)26-11-15(22)17-13(2)14(10-20)18(23)21(19(17)24)8-9-25-3/h4-7,24H,8-9,11H2,1-3H3. The van der Waals surface area contributed by atoms with Crippen LogP contribution in [0.25, 0.3) is 0 Å². The Morgan fingerprint density at radius 2 is 2.00 bits per heavy atom. The van der Waals surface area contributed by atoms with Crippen molar-refractivity contribution in [2.75, 3.05) is 20.3 Å². The number of methoxy groups -OCH3 is 1. The van der Waals surface area contributed by atoms with Crippen molar-refractivity contribution in [3.8, 4) is 17.7 Å². The van der Waals surface area contributed by atoms with E-state index in [2.05, 4.69) is 0 Å². The van der Waals surface area contributed by atoms with Gasteiger partial charge < -0.3 is 14.6 Å². The van der Waals surface area contributed by atoms with E-state index in [-0.39, 0.29) is 36.4 Å². The van der Waals surface area contributed by atoms with Crippen LogP contribution in [0.3, 0.4) is 0 Å². The lowest BCUT2D eigenvalue weighted by molar-refractivity contribution is 0.0915. The molecular formula is C19H20N2O5. The van der Waals surface area contributed by atoms with Gasteiger partial charge in [-0.25, -0.2) is 0 Å². The number of aromatic hydroxyl groups is 1. The topological polar surface area (TPSA) is 102 Å². The van der Waals surface area contributed by atoms with Crippen molar-refractivity contribution >= 4 is 5.78 Å². The van der Waals surface area contributed by atoms with Crippen LogP contribution in [0.1, 0.15) is 27.0 Å². The summed E-state index contributed by atoms with van der Waals surface area (Å²) in [7, 11) is 1.45. The van der Waals surface area contributed by atoms with Gasteiger partial charge in [0.1, 0.15) is 17.4 Å². The van der Waals surface area contributed by atoms with E-state index in [1.807, 2.05) is 25.1 Å². The van der Waals surface area contributed by atoms with Gasteiger partial charge in [0.05, 0.1) is 18.7 Å². The van der Waals surface area contributed by atoms with E-state index in [0.717, 1.165) is 10.1 Å². The zero-order valence-electron chi connectivity index (χ0n) is 14.9. The van der Waals surface area contributed by atoms with Crippen LogP contribution < -0.4 is 10.3 Å². The van der Waals surface area contributed by atoms with E-state index >= 15 is 0 Å². The molecule has 0 spiro atoms. The summed E-state index contributed by atoms with van der Waals surface area (Å²) in [4.78, 5) is 25.0. The number of rotatable bonds is 7. The minimum absolute atomic E-state index is 0.0229. The van der Waals surface area contributed by atoms with Gasteiger partial charge in [-0.15, -0.1) is 0 Å². The number of carbonyl (C=O) groups excluding carboxylic acids is 1. The van der Waals surface area contributed by atoms with Crippen LogP contribution in [-0.4, -0.2) is 35.8 Å². The molecule has 0 saturated carbocycles. The highest BCUT2D eigenvalue weighted by Gasteiger charge is 2.24. The number of hydrogen-bond acceptors (Lipinski definition) is 6. The average molecular weight is 356 g/mol. The summed E-state index contributed by atoms with van der Waals surface area (Å²) < 4.78 is 11.4. The molecule has 0 aliphatic rings. The summed E-state index contributed by atoms with van der Waals surface area (Å²) in [6, 6.07) is 9.03. The maximum atomic E-state index is 12.6. The monoisotopic (exact) mass is 356 g/mol. The number of nitriles is 1. The lowest BCUT2D eigenvalue weighted by Gasteiger charge is -2.15. The van der Waals surface area contributed by atoms with Crippen LogP contribution in [0.5, 0.6) is 11.6 Å². The Morgan fingerprint density at radius 1 is 1.31 bits per heavy atom. The molecule has 1 aromatic carbocycles. The molecule has 0 amide bonds. The van der Waals surface area contributed by atoms with Crippen LogP contribution in [0.15, 0.2) is 29.1 Å². The molecule has 26 heavy (non-hydrogen) atoms. The number of pyridine rings is 1. The molecule has 0 bridgehead atoms.